The molecule has 0 saturated carbocycles. The number of carbonyl (C=O) groups excluding carboxylic acids is 1. The van der Waals surface area contributed by atoms with Crippen LogP contribution in [-0.2, 0) is 0 Å². The lowest BCUT2D eigenvalue weighted by molar-refractivity contribution is 0.163. The number of benzene rings is 1. The zero-order chi connectivity index (χ0) is 15.0. The fraction of sp³-hybridized carbons (Fsp3) is 0.533. The number of rotatable bonds is 7. The van der Waals surface area contributed by atoms with Gasteiger partial charge in [0.15, 0.2) is 0 Å². The van der Waals surface area contributed by atoms with Crippen LogP contribution in [0.5, 0.6) is 5.75 Å². The van der Waals surface area contributed by atoms with Crippen LogP contribution in [0.4, 0.5) is 10.5 Å². The van der Waals surface area contributed by atoms with Gasteiger partial charge < -0.3 is 20.5 Å². The standard InChI is InChI=1S/C15H24N2O3/c1-4-20-14-7-5-6-13(9-14)17-15(19)16-10-11(2)8-12(3)18/h5-7,9,11-12,18H,4,8,10H2,1-3H3,(H2,16,17,19). The summed E-state index contributed by atoms with van der Waals surface area (Å²) in [6, 6.07) is 7.01. The Morgan fingerprint density at radius 2 is 2.15 bits per heavy atom. The average Bonchev–Trinajstić information content (AvgIpc) is 2.36. The highest BCUT2D eigenvalue weighted by atomic mass is 16.5. The molecule has 0 heterocycles. The van der Waals surface area contributed by atoms with E-state index in [-0.39, 0.29) is 18.1 Å². The monoisotopic (exact) mass is 280 g/mol. The molecular weight excluding hydrogens is 256 g/mol. The Hall–Kier alpha value is -1.75. The molecule has 5 heteroatoms. The van der Waals surface area contributed by atoms with Crippen molar-refractivity contribution in [3.8, 4) is 5.75 Å². The highest BCUT2D eigenvalue weighted by Crippen LogP contribution is 2.17. The van der Waals surface area contributed by atoms with Crippen LogP contribution < -0.4 is 15.4 Å². The molecule has 0 aliphatic rings. The van der Waals surface area contributed by atoms with Crippen molar-refractivity contribution in [3.63, 3.8) is 0 Å². The van der Waals surface area contributed by atoms with Gasteiger partial charge in [-0.25, -0.2) is 4.79 Å². The summed E-state index contributed by atoms with van der Waals surface area (Å²) in [4.78, 5) is 11.7. The van der Waals surface area contributed by atoms with E-state index in [2.05, 4.69) is 10.6 Å². The van der Waals surface area contributed by atoms with Gasteiger partial charge >= 0.3 is 6.03 Å². The van der Waals surface area contributed by atoms with Gasteiger partial charge in [-0.3, -0.25) is 0 Å². The van der Waals surface area contributed by atoms with E-state index in [4.69, 9.17) is 4.74 Å². The molecule has 2 unspecified atom stereocenters. The molecule has 3 N–H and O–H groups in total. The van der Waals surface area contributed by atoms with Gasteiger partial charge in [-0.05, 0) is 38.3 Å². The summed E-state index contributed by atoms with van der Waals surface area (Å²) in [5, 5.41) is 14.8. The largest absolute Gasteiger partial charge is 0.494 e. The molecule has 112 valence electrons. The number of ether oxygens (including phenoxy) is 1. The first-order valence-electron chi connectivity index (χ1n) is 6.97. The number of anilines is 1. The van der Waals surface area contributed by atoms with Gasteiger partial charge in [0, 0.05) is 18.3 Å². The Balaban J connectivity index is 2.40. The summed E-state index contributed by atoms with van der Waals surface area (Å²) in [7, 11) is 0. The molecule has 1 aromatic rings. The van der Waals surface area contributed by atoms with Crippen LogP contribution in [0.15, 0.2) is 24.3 Å². The van der Waals surface area contributed by atoms with E-state index in [0.717, 1.165) is 5.75 Å². The quantitative estimate of drug-likeness (QED) is 0.719. The van der Waals surface area contributed by atoms with Gasteiger partial charge in [0.05, 0.1) is 12.7 Å². The molecule has 0 aliphatic carbocycles. The molecule has 0 bridgehead atoms. The van der Waals surface area contributed by atoms with E-state index >= 15 is 0 Å². The molecule has 2 amide bonds. The smallest absolute Gasteiger partial charge is 0.319 e. The van der Waals surface area contributed by atoms with Gasteiger partial charge in [0.2, 0.25) is 0 Å². The average molecular weight is 280 g/mol. The van der Waals surface area contributed by atoms with Crippen molar-refractivity contribution in [1.82, 2.24) is 5.32 Å². The van der Waals surface area contributed by atoms with Crippen LogP contribution in [-0.4, -0.2) is 30.4 Å². The van der Waals surface area contributed by atoms with Crippen molar-refractivity contribution in [1.29, 1.82) is 0 Å². The SMILES string of the molecule is CCOc1cccc(NC(=O)NCC(C)CC(C)O)c1. The molecule has 5 nitrogen and oxygen atoms in total. The van der Waals surface area contributed by atoms with Crippen molar-refractivity contribution >= 4 is 11.7 Å². The number of carbonyl (C=O) groups is 1. The highest BCUT2D eigenvalue weighted by molar-refractivity contribution is 5.89. The van der Waals surface area contributed by atoms with Gasteiger partial charge in [-0.1, -0.05) is 13.0 Å². The second-order valence-electron chi connectivity index (χ2n) is 4.99. The molecule has 0 fully saturated rings. The lowest BCUT2D eigenvalue weighted by Crippen LogP contribution is -2.33. The molecule has 1 aromatic carbocycles. The first-order chi connectivity index (χ1) is 9.51. The number of amides is 2. The minimum Gasteiger partial charge on any atom is -0.494 e. The summed E-state index contributed by atoms with van der Waals surface area (Å²) in [5.74, 6) is 0.961. The van der Waals surface area contributed by atoms with Crippen LogP contribution >= 0.6 is 0 Å². The summed E-state index contributed by atoms with van der Waals surface area (Å²) >= 11 is 0. The third-order valence-corrected chi connectivity index (χ3v) is 2.76. The van der Waals surface area contributed by atoms with Crippen molar-refractivity contribution in [3.05, 3.63) is 24.3 Å². The van der Waals surface area contributed by atoms with Gasteiger partial charge in [-0.2, -0.15) is 0 Å². The summed E-state index contributed by atoms with van der Waals surface area (Å²) < 4.78 is 5.37. The molecule has 0 aliphatic heterocycles. The zero-order valence-corrected chi connectivity index (χ0v) is 12.3. The fourth-order valence-corrected chi connectivity index (χ4v) is 1.94. The summed E-state index contributed by atoms with van der Waals surface area (Å²) in [6.07, 6.45) is 0.317. The van der Waals surface area contributed by atoms with Gasteiger partial charge in [0.1, 0.15) is 5.75 Å². The molecule has 0 saturated heterocycles. The topological polar surface area (TPSA) is 70.6 Å². The number of aliphatic hydroxyl groups excluding tert-OH is 1. The van der Waals surface area contributed by atoms with Crippen LogP contribution in [0.2, 0.25) is 0 Å². The van der Waals surface area contributed by atoms with Crippen molar-refractivity contribution < 1.29 is 14.6 Å². The molecule has 20 heavy (non-hydrogen) atoms. The predicted octanol–water partition coefficient (Wildman–Crippen LogP) is 2.61. The Morgan fingerprint density at radius 1 is 1.40 bits per heavy atom. The lowest BCUT2D eigenvalue weighted by Gasteiger charge is -2.15. The summed E-state index contributed by atoms with van der Waals surface area (Å²) in [6.45, 7) is 6.77. The van der Waals surface area contributed by atoms with E-state index < -0.39 is 0 Å². The molecule has 1 rings (SSSR count). The Morgan fingerprint density at radius 3 is 2.80 bits per heavy atom. The number of aliphatic hydroxyl groups is 1. The predicted molar refractivity (Wildman–Crippen MR) is 80.1 cm³/mol. The maximum Gasteiger partial charge on any atom is 0.319 e. The van der Waals surface area contributed by atoms with E-state index in [1.807, 2.05) is 26.0 Å². The Kier molecular flexibility index (Phi) is 6.87. The molecule has 2 atom stereocenters. The number of hydrogen-bond donors (Lipinski definition) is 3. The normalized spacial score (nSPS) is 13.4. The fourth-order valence-electron chi connectivity index (χ4n) is 1.94. The van der Waals surface area contributed by atoms with Gasteiger partial charge in [0.25, 0.3) is 0 Å². The van der Waals surface area contributed by atoms with Crippen LogP contribution in [0.25, 0.3) is 0 Å². The maximum atomic E-state index is 11.7. The number of urea groups is 1. The van der Waals surface area contributed by atoms with Crippen molar-refractivity contribution in [2.24, 2.45) is 5.92 Å². The van der Waals surface area contributed by atoms with E-state index in [9.17, 15) is 9.90 Å². The minimum atomic E-state index is -0.349. The number of nitrogens with one attached hydrogen (secondary N) is 2. The van der Waals surface area contributed by atoms with E-state index in [1.54, 1.807) is 19.1 Å². The molecule has 0 aromatic heterocycles. The van der Waals surface area contributed by atoms with Crippen molar-refractivity contribution in [2.45, 2.75) is 33.3 Å². The maximum absolute atomic E-state index is 11.7. The Labute approximate surface area is 120 Å². The second-order valence-corrected chi connectivity index (χ2v) is 4.99. The lowest BCUT2D eigenvalue weighted by atomic mass is 10.1. The third-order valence-electron chi connectivity index (χ3n) is 2.76. The first-order valence-corrected chi connectivity index (χ1v) is 6.97. The Bertz CT molecular complexity index is 421. The van der Waals surface area contributed by atoms with Gasteiger partial charge in [-0.15, -0.1) is 0 Å². The van der Waals surface area contributed by atoms with Crippen LogP contribution in [0, 0.1) is 5.92 Å². The van der Waals surface area contributed by atoms with Crippen LogP contribution in [0.3, 0.4) is 0 Å². The van der Waals surface area contributed by atoms with Crippen molar-refractivity contribution in [2.75, 3.05) is 18.5 Å². The minimum absolute atomic E-state index is 0.232. The number of hydrogen-bond acceptors (Lipinski definition) is 3. The molecular formula is C15H24N2O3. The van der Waals surface area contributed by atoms with Crippen LogP contribution in [0.1, 0.15) is 27.2 Å². The molecule has 0 spiro atoms. The highest BCUT2D eigenvalue weighted by Gasteiger charge is 2.08. The zero-order valence-electron chi connectivity index (χ0n) is 12.3. The first kappa shape index (κ1) is 16.3. The second kappa shape index (κ2) is 8.43. The molecule has 0 radical (unpaired) electrons. The summed E-state index contributed by atoms with van der Waals surface area (Å²) in [5.41, 5.74) is 0.691. The van der Waals surface area contributed by atoms with E-state index in [0.29, 0.717) is 25.3 Å². The van der Waals surface area contributed by atoms with E-state index in [1.165, 1.54) is 0 Å². The third kappa shape index (κ3) is 6.43.